The van der Waals surface area contributed by atoms with Gasteiger partial charge in [-0.2, -0.15) is 11.8 Å². The number of carboxylic acid groups (broad SMARTS) is 1. The Morgan fingerprint density at radius 3 is 2.47 bits per heavy atom. The minimum Gasteiger partial charge on any atom is -0.481 e. The molecule has 0 amide bonds. The minimum atomic E-state index is -0.713. The largest absolute Gasteiger partial charge is 0.481 e. The van der Waals surface area contributed by atoms with Crippen molar-refractivity contribution in [3.63, 3.8) is 0 Å². The first-order valence-electron chi connectivity index (χ1n) is 6.74. The van der Waals surface area contributed by atoms with Gasteiger partial charge >= 0.3 is 5.97 Å². The van der Waals surface area contributed by atoms with Crippen LogP contribution in [0.4, 0.5) is 5.69 Å². The van der Waals surface area contributed by atoms with Gasteiger partial charge in [0.2, 0.25) is 0 Å². The molecule has 1 aromatic carbocycles. The number of unbranched alkanes of at least 4 members (excludes halogenated alkanes) is 1. The summed E-state index contributed by atoms with van der Waals surface area (Å²) in [5.74, 6) is 0.480. The lowest BCUT2D eigenvalue weighted by atomic mass is 10.2. The van der Waals surface area contributed by atoms with Crippen LogP contribution in [0.25, 0.3) is 0 Å². The standard InChI is InChI=1S/C15H23NO2S/c1-19-13-6-5-11-16(12-7-10-15(17)18)14-8-3-2-4-9-14/h2-4,8-9H,5-7,10-13H2,1H3,(H,17,18). The molecule has 0 aromatic heterocycles. The molecule has 19 heavy (non-hydrogen) atoms. The quantitative estimate of drug-likeness (QED) is 0.666. The molecule has 0 bridgehead atoms. The summed E-state index contributed by atoms with van der Waals surface area (Å²) in [5.41, 5.74) is 1.19. The van der Waals surface area contributed by atoms with E-state index in [1.54, 1.807) is 0 Å². The number of anilines is 1. The molecule has 1 N–H and O–H groups in total. The minimum absolute atomic E-state index is 0.244. The Labute approximate surface area is 120 Å². The fourth-order valence-corrected chi connectivity index (χ4v) is 2.47. The lowest BCUT2D eigenvalue weighted by Crippen LogP contribution is -2.26. The van der Waals surface area contributed by atoms with Gasteiger partial charge in [-0.25, -0.2) is 0 Å². The Kier molecular flexibility index (Phi) is 8.14. The zero-order valence-electron chi connectivity index (χ0n) is 11.5. The maximum absolute atomic E-state index is 10.6. The second-order valence-corrected chi connectivity index (χ2v) is 5.51. The number of nitrogens with zero attached hydrogens (tertiary/aromatic N) is 1. The predicted octanol–water partition coefficient (Wildman–Crippen LogP) is 3.50. The molecule has 0 radical (unpaired) electrons. The zero-order valence-corrected chi connectivity index (χ0v) is 12.4. The monoisotopic (exact) mass is 281 g/mol. The van der Waals surface area contributed by atoms with Gasteiger partial charge in [0.1, 0.15) is 0 Å². The van der Waals surface area contributed by atoms with E-state index in [1.807, 2.05) is 30.0 Å². The van der Waals surface area contributed by atoms with Crippen LogP contribution in [0.15, 0.2) is 30.3 Å². The number of rotatable bonds is 10. The van der Waals surface area contributed by atoms with E-state index in [9.17, 15) is 4.79 Å². The van der Waals surface area contributed by atoms with Gasteiger partial charge in [0.25, 0.3) is 0 Å². The maximum Gasteiger partial charge on any atom is 0.303 e. The molecular formula is C15H23NO2S. The molecule has 0 spiro atoms. The molecule has 3 nitrogen and oxygen atoms in total. The van der Waals surface area contributed by atoms with Crippen molar-refractivity contribution in [2.45, 2.75) is 25.7 Å². The average molecular weight is 281 g/mol. The summed E-state index contributed by atoms with van der Waals surface area (Å²) in [7, 11) is 0. The molecule has 0 saturated heterocycles. The Hall–Kier alpha value is -1.16. The molecule has 0 unspecified atom stereocenters. The molecule has 4 heteroatoms. The van der Waals surface area contributed by atoms with Crippen molar-refractivity contribution in [2.75, 3.05) is 30.0 Å². The third-order valence-corrected chi connectivity index (χ3v) is 3.66. The van der Waals surface area contributed by atoms with E-state index in [1.165, 1.54) is 17.9 Å². The molecule has 0 saturated carbocycles. The molecule has 1 aromatic rings. The van der Waals surface area contributed by atoms with Crippen molar-refractivity contribution in [1.82, 2.24) is 0 Å². The normalized spacial score (nSPS) is 10.4. The van der Waals surface area contributed by atoms with Crippen LogP contribution in [-0.4, -0.2) is 36.2 Å². The van der Waals surface area contributed by atoms with Gasteiger partial charge in [0.05, 0.1) is 0 Å². The SMILES string of the molecule is CSCCCCN(CCCC(=O)O)c1ccccc1. The number of aliphatic carboxylic acids is 1. The van der Waals surface area contributed by atoms with Crippen molar-refractivity contribution in [3.05, 3.63) is 30.3 Å². The number of carboxylic acids is 1. The first-order valence-corrected chi connectivity index (χ1v) is 8.14. The summed E-state index contributed by atoms with van der Waals surface area (Å²) in [6.07, 6.45) is 5.44. The number of thioether (sulfide) groups is 1. The summed E-state index contributed by atoms with van der Waals surface area (Å²) in [6.45, 7) is 1.82. The Morgan fingerprint density at radius 2 is 1.84 bits per heavy atom. The fourth-order valence-electron chi connectivity index (χ4n) is 1.98. The van der Waals surface area contributed by atoms with E-state index >= 15 is 0 Å². The van der Waals surface area contributed by atoms with Gasteiger partial charge in [-0.3, -0.25) is 4.79 Å². The van der Waals surface area contributed by atoms with Crippen LogP contribution in [0.1, 0.15) is 25.7 Å². The van der Waals surface area contributed by atoms with E-state index in [0.717, 1.165) is 19.5 Å². The molecular weight excluding hydrogens is 258 g/mol. The molecule has 0 aliphatic rings. The molecule has 106 valence electrons. The molecule has 1 rings (SSSR count). The summed E-state index contributed by atoms with van der Waals surface area (Å²) in [6, 6.07) is 10.3. The average Bonchev–Trinajstić information content (AvgIpc) is 2.42. The summed E-state index contributed by atoms with van der Waals surface area (Å²) in [5, 5.41) is 8.72. The van der Waals surface area contributed by atoms with Crippen LogP contribution in [0, 0.1) is 0 Å². The Morgan fingerprint density at radius 1 is 1.16 bits per heavy atom. The van der Waals surface area contributed by atoms with Gasteiger partial charge < -0.3 is 10.0 Å². The topological polar surface area (TPSA) is 40.5 Å². The first kappa shape index (κ1) is 15.9. The van der Waals surface area contributed by atoms with Gasteiger partial charge in [-0.05, 0) is 43.4 Å². The molecule has 0 fully saturated rings. The van der Waals surface area contributed by atoms with Crippen LogP contribution >= 0.6 is 11.8 Å². The number of para-hydroxylation sites is 1. The van der Waals surface area contributed by atoms with Gasteiger partial charge in [-0.1, -0.05) is 18.2 Å². The van der Waals surface area contributed by atoms with Crippen molar-refractivity contribution >= 4 is 23.4 Å². The highest BCUT2D eigenvalue weighted by Crippen LogP contribution is 2.15. The van der Waals surface area contributed by atoms with Gasteiger partial charge in [0.15, 0.2) is 0 Å². The van der Waals surface area contributed by atoms with E-state index in [4.69, 9.17) is 5.11 Å². The number of benzene rings is 1. The second kappa shape index (κ2) is 9.73. The lowest BCUT2D eigenvalue weighted by Gasteiger charge is -2.24. The van der Waals surface area contributed by atoms with Crippen molar-refractivity contribution in [3.8, 4) is 0 Å². The third-order valence-electron chi connectivity index (χ3n) is 2.97. The summed E-state index contributed by atoms with van der Waals surface area (Å²) < 4.78 is 0. The van der Waals surface area contributed by atoms with Crippen molar-refractivity contribution < 1.29 is 9.90 Å². The molecule has 0 atom stereocenters. The molecule has 0 heterocycles. The number of hydrogen-bond donors (Lipinski definition) is 1. The summed E-state index contributed by atoms with van der Waals surface area (Å²) in [4.78, 5) is 12.9. The molecule has 0 aliphatic heterocycles. The predicted molar refractivity (Wildman–Crippen MR) is 83.1 cm³/mol. The maximum atomic E-state index is 10.6. The second-order valence-electron chi connectivity index (χ2n) is 4.52. The van der Waals surface area contributed by atoms with Crippen LogP contribution < -0.4 is 4.90 Å². The van der Waals surface area contributed by atoms with E-state index in [-0.39, 0.29) is 6.42 Å². The highest BCUT2D eigenvalue weighted by molar-refractivity contribution is 7.98. The Balaban J connectivity index is 2.45. The van der Waals surface area contributed by atoms with E-state index in [0.29, 0.717) is 6.42 Å². The summed E-state index contributed by atoms with van der Waals surface area (Å²) >= 11 is 1.87. The van der Waals surface area contributed by atoms with Crippen LogP contribution in [0.5, 0.6) is 0 Å². The van der Waals surface area contributed by atoms with E-state index in [2.05, 4.69) is 23.3 Å². The van der Waals surface area contributed by atoms with E-state index < -0.39 is 5.97 Å². The lowest BCUT2D eigenvalue weighted by molar-refractivity contribution is -0.137. The number of hydrogen-bond acceptors (Lipinski definition) is 3. The highest BCUT2D eigenvalue weighted by atomic mass is 32.2. The van der Waals surface area contributed by atoms with Crippen LogP contribution in [-0.2, 0) is 4.79 Å². The number of carbonyl (C=O) groups is 1. The van der Waals surface area contributed by atoms with Crippen LogP contribution in [0.3, 0.4) is 0 Å². The third kappa shape index (κ3) is 7.11. The van der Waals surface area contributed by atoms with Crippen molar-refractivity contribution in [1.29, 1.82) is 0 Å². The van der Waals surface area contributed by atoms with Crippen LogP contribution in [0.2, 0.25) is 0 Å². The molecule has 0 aliphatic carbocycles. The van der Waals surface area contributed by atoms with Gasteiger partial charge in [0, 0.05) is 25.2 Å². The van der Waals surface area contributed by atoms with Crippen molar-refractivity contribution in [2.24, 2.45) is 0 Å². The first-order chi connectivity index (χ1) is 9.24. The highest BCUT2D eigenvalue weighted by Gasteiger charge is 2.06. The smallest absolute Gasteiger partial charge is 0.303 e. The fraction of sp³-hybridized carbons (Fsp3) is 0.533. The van der Waals surface area contributed by atoms with Gasteiger partial charge in [-0.15, -0.1) is 0 Å². The zero-order chi connectivity index (χ0) is 13.9. The Bertz CT molecular complexity index is 356.